The molecule has 0 radical (unpaired) electrons. The molecule has 0 saturated carbocycles. The largest absolute Gasteiger partial charge is 0.346 e. The Balaban J connectivity index is 1.58. The van der Waals surface area contributed by atoms with Gasteiger partial charge in [0.25, 0.3) is 11.5 Å². The van der Waals surface area contributed by atoms with E-state index in [2.05, 4.69) is 15.3 Å². The topological polar surface area (TPSA) is 67.2 Å². The normalized spacial score (nSPS) is 14.3. The summed E-state index contributed by atoms with van der Waals surface area (Å²) < 4.78 is 1.51. The van der Waals surface area contributed by atoms with Crippen LogP contribution in [0, 0.1) is 0 Å². The van der Waals surface area contributed by atoms with Crippen molar-refractivity contribution in [2.45, 2.75) is 25.9 Å². The van der Waals surface area contributed by atoms with Gasteiger partial charge in [-0.2, -0.15) is 5.10 Å². The zero-order valence-corrected chi connectivity index (χ0v) is 17.9. The van der Waals surface area contributed by atoms with Crippen molar-refractivity contribution in [2.75, 3.05) is 19.6 Å². The summed E-state index contributed by atoms with van der Waals surface area (Å²) in [7, 11) is 0. The highest BCUT2D eigenvalue weighted by molar-refractivity contribution is 6.36. The molecular formula is C22H22Cl2N4O2. The van der Waals surface area contributed by atoms with E-state index in [1.54, 1.807) is 18.2 Å². The van der Waals surface area contributed by atoms with E-state index in [1.165, 1.54) is 23.6 Å². The molecule has 1 saturated heterocycles. The Labute approximate surface area is 184 Å². The van der Waals surface area contributed by atoms with Crippen LogP contribution in [-0.4, -0.2) is 40.2 Å². The molecule has 156 valence electrons. The first kappa shape index (κ1) is 20.8. The van der Waals surface area contributed by atoms with Crippen LogP contribution in [0.3, 0.4) is 0 Å². The lowest BCUT2D eigenvalue weighted by Gasteiger charge is -2.16. The van der Waals surface area contributed by atoms with E-state index in [4.69, 9.17) is 23.2 Å². The lowest BCUT2D eigenvalue weighted by molar-refractivity contribution is 0.0950. The first-order chi connectivity index (χ1) is 14.5. The lowest BCUT2D eigenvalue weighted by Crippen LogP contribution is -2.32. The van der Waals surface area contributed by atoms with Gasteiger partial charge in [0.1, 0.15) is 0 Å². The summed E-state index contributed by atoms with van der Waals surface area (Å²) in [6.07, 6.45) is 2.40. The van der Waals surface area contributed by atoms with Crippen molar-refractivity contribution in [1.29, 1.82) is 0 Å². The summed E-state index contributed by atoms with van der Waals surface area (Å²) in [4.78, 5) is 27.8. The van der Waals surface area contributed by atoms with Gasteiger partial charge < -0.3 is 10.2 Å². The fourth-order valence-electron chi connectivity index (χ4n) is 3.76. The molecule has 1 aliphatic rings. The lowest BCUT2D eigenvalue weighted by atomic mass is 10.1. The van der Waals surface area contributed by atoms with E-state index in [9.17, 15) is 9.59 Å². The van der Waals surface area contributed by atoms with E-state index in [0.717, 1.165) is 25.0 Å². The molecular weight excluding hydrogens is 423 g/mol. The predicted molar refractivity (Wildman–Crippen MR) is 119 cm³/mol. The van der Waals surface area contributed by atoms with E-state index >= 15 is 0 Å². The number of aromatic nitrogens is 2. The molecule has 2 heterocycles. The fraction of sp³-hybridized carbons (Fsp3) is 0.318. The zero-order chi connectivity index (χ0) is 21.1. The third-order valence-corrected chi connectivity index (χ3v) is 5.91. The number of carbonyl (C=O) groups excluding carboxylic acids is 1. The Morgan fingerprint density at radius 3 is 2.50 bits per heavy atom. The predicted octanol–water partition coefficient (Wildman–Crippen LogP) is 3.73. The molecule has 8 heteroatoms. The van der Waals surface area contributed by atoms with Crippen LogP contribution in [0.5, 0.6) is 0 Å². The molecule has 6 nitrogen and oxygen atoms in total. The van der Waals surface area contributed by atoms with Gasteiger partial charge in [-0.3, -0.25) is 9.59 Å². The van der Waals surface area contributed by atoms with Crippen molar-refractivity contribution < 1.29 is 4.79 Å². The van der Waals surface area contributed by atoms with Gasteiger partial charge >= 0.3 is 0 Å². The number of halogens is 2. The molecule has 4 rings (SSSR count). The number of nitrogens with zero attached hydrogens (tertiary/aromatic N) is 3. The quantitative estimate of drug-likeness (QED) is 0.628. The molecule has 0 spiro atoms. The van der Waals surface area contributed by atoms with Gasteiger partial charge in [0.2, 0.25) is 0 Å². The van der Waals surface area contributed by atoms with Crippen molar-refractivity contribution in [2.24, 2.45) is 0 Å². The van der Waals surface area contributed by atoms with Crippen molar-refractivity contribution in [3.05, 3.63) is 74.1 Å². The molecule has 30 heavy (non-hydrogen) atoms. The molecule has 0 atom stereocenters. The molecule has 1 aromatic heterocycles. The standard InChI is InChI=1S/C22H22Cl2N4O2/c23-15-7-8-18(19(24)13-15)21(29)25-14-20-16-5-1-2-6-17(16)22(30)28(26-20)12-11-27-9-3-4-10-27/h1-2,5-8,13H,3-4,9-12,14H2,(H,25,29). The maximum absolute atomic E-state index is 12.9. The van der Waals surface area contributed by atoms with Crippen LogP contribution < -0.4 is 10.9 Å². The molecule has 2 aromatic carbocycles. The van der Waals surface area contributed by atoms with Gasteiger partial charge in [0.15, 0.2) is 0 Å². The monoisotopic (exact) mass is 444 g/mol. The van der Waals surface area contributed by atoms with E-state index in [0.29, 0.717) is 28.2 Å². The third kappa shape index (κ3) is 4.51. The SMILES string of the molecule is O=C(NCc1nn(CCN2CCCC2)c(=O)c2ccccc12)c1ccc(Cl)cc1Cl. The molecule has 1 amide bonds. The number of rotatable bonds is 6. The number of amides is 1. The average molecular weight is 445 g/mol. The van der Waals surface area contributed by atoms with Crippen molar-refractivity contribution in [3.8, 4) is 0 Å². The second-order valence-corrected chi connectivity index (χ2v) is 8.22. The Morgan fingerprint density at radius 2 is 1.77 bits per heavy atom. The van der Waals surface area contributed by atoms with Crippen LogP contribution in [0.15, 0.2) is 47.3 Å². The van der Waals surface area contributed by atoms with E-state index in [-0.39, 0.29) is 23.0 Å². The van der Waals surface area contributed by atoms with Gasteiger partial charge in [-0.25, -0.2) is 4.68 Å². The van der Waals surface area contributed by atoms with Crippen molar-refractivity contribution in [1.82, 2.24) is 20.0 Å². The van der Waals surface area contributed by atoms with Crippen LogP contribution in [-0.2, 0) is 13.1 Å². The molecule has 1 fully saturated rings. The number of benzene rings is 2. The van der Waals surface area contributed by atoms with Crippen LogP contribution in [0.4, 0.5) is 0 Å². The summed E-state index contributed by atoms with van der Waals surface area (Å²) in [5.74, 6) is -0.322. The number of hydrogen-bond acceptors (Lipinski definition) is 4. The smallest absolute Gasteiger partial charge is 0.274 e. The average Bonchev–Trinajstić information content (AvgIpc) is 3.26. The molecule has 3 aromatic rings. The zero-order valence-electron chi connectivity index (χ0n) is 16.4. The molecule has 1 aliphatic heterocycles. The minimum atomic E-state index is -0.322. The number of fused-ring (bicyclic) bond motifs is 1. The van der Waals surface area contributed by atoms with Gasteiger partial charge in [0, 0.05) is 17.0 Å². The second kappa shape index (κ2) is 9.16. The van der Waals surface area contributed by atoms with Gasteiger partial charge in [-0.05, 0) is 50.2 Å². The first-order valence-corrected chi connectivity index (χ1v) is 10.7. The van der Waals surface area contributed by atoms with Crippen molar-refractivity contribution in [3.63, 3.8) is 0 Å². The van der Waals surface area contributed by atoms with Crippen LogP contribution >= 0.6 is 23.2 Å². The Hall–Kier alpha value is -2.41. The molecule has 0 aliphatic carbocycles. The summed E-state index contributed by atoms with van der Waals surface area (Å²) in [6.45, 7) is 3.62. The number of carbonyl (C=O) groups is 1. The Morgan fingerprint density at radius 1 is 1.03 bits per heavy atom. The third-order valence-electron chi connectivity index (χ3n) is 5.36. The minimum Gasteiger partial charge on any atom is -0.346 e. The van der Waals surface area contributed by atoms with Gasteiger partial charge in [-0.1, -0.05) is 41.4 Å². The first-order valence-electron chi connectivity index (χ1n) is 9.97. The molecule has 1 N–H and O–H groups in total. The van der Waals surface area contributed by atoms with Crippen LogP contribution in [0.25, 0.3) is 10.8 Å². The number of nitrogens with one attached hydrogen (secondary N) is 1. The maximum atomic E-state index is 12.9. The number of hydrogen-bond donors (Lipinski definition) is 1. The minimum absolute atomic E-state index is 0.111. The highest BCUT2D eigenvalue weighted by Crippen LogP contribution is 2.21. The molecule has 0 unspecified atom stereocenters. The second-order valence-electron chi connectivity index (χ2n) is 7.38. The number of likely N-dealkylation sites (tertiary alicyclic amines) is 1. The van der Waals surface area contributed by atoms with Crippen molar-refractivity contribution >= 4 is 39.9 Å². The van der Waals surface area contributed by atoms with E-state index in [1.807, 2.05) is 18.2 Å². The van der Waals surface area contributed by atoms with E-state index < -0.39 is 0 Å². The van der Waals surface area contributed by atoms with Gasteiger partial charge in [-0.15, -0.1) is 0 Å². The fourth-order valence-corrected chi connectivity index (χ4v) is 4.26. The van der Waals surface area contributed by atoms with Crippen LogP contribution in [0.2, 0.25) is 10.0 Å². The summed E-state index contributed by atoms with van der Waals surface area (Å²) in [6, 6.07) is 12.1. The van der Waals surface area contributed by atoms with Gasteiger partial charge in [0.05, 0.1) is 34.8 Å². The summed E-state index contributed by atoms with van der Waals surface area (Å²) in [5, 5.41) is 9.52. The molecule has 0 bridgehead atoms. The summed E-state index contributed by atoms with van der Waals surface area (Å²) in [5.41, 5.74) is 0.874. The summed E-state index contributed by atoms with van der Waals surface area (Å²) >= 11 is 12.0. The van der Waals surface area contributed by atoms with Crippen LogP contribution in [0.1, 0.15) is 28.9 Å². The Bertz CT molecular complexity index is 1140. The maximum Gasteiger partial charge on any atom is 0.274 e. The highest BCUT2D eigenvalue weighted by atomic mass is 35.5. The highest BCUT2D eigenvalue weighted by Gasteiger charge is 2.16. The Kier molecular flexibility index (Phi) is 6.37.